The molecule has 2 heterocycles. The summed E-state index contributed by atoms with van der Waals surface area (Å²) in [6, 6.07) is 15.5. The minimum atomic E-state index is -3.79. The predicted octanol–water partition coefficient (Wildman–Crippen LogP) is 4.07. The van der Waals surface area contributed by atoms with Crippen LogP contribution < -0.4 is 4.72 Å². The van der Waals surface area contributed by atoms with E-state index in [9.17, 15) is 18.0 Å². The number of benzene rings is 2. The molecule has 1 fully saturated rings. The van der Waals surface area contributed by atoms with E-state index in [0.717, 1.165) is 10.4 Å². The molecule has 7 nitrogen and oxygen atoms in total. The number of carbonyl (C=O) groups excluding carboxylic acids is 2. The molecule has 9 heteroatoms. The van der Waals surface area contributed by atoms with Gasteiger partial charge in [0.15, 0.2) is 0 Å². The van der Waals surface area contributed by atoms with E-state index in [-0.39, 0.29) is 16.7 Å². The van der Waals surface area contributed by atoms with Gasteiger partial charge in [-0.1, -0.05) is 18.2 Å². The number of hydrogen-bond acceptors (Lipinski definition) is 5. The molecular formula is C25H27N3O4S2. The number of rotatable bonds is 5. The lowest BCUT2D eigenvalue weighted by Crippen LogP contribution is -2.50. The Morgan fingerprint density at radius 1 is 0.853 bits per heavy atom. The quantitative estimate of drug-likeness (QED) is 0.576. The highest BCUT2D eigenvalue weighted by molar-refractivity contribution is 7.92. The average molecular weight is 498 g/mol. The molecular weight excluding hydrogens is 470 g/mol. The van der Waals surface area contributed by atoms with Crippen LogP contribution in [0, 0.1) is 20.8 Å². The van der Waals surface area contributed by atoms with Crippen molar-refractivity contribution in [3.05, 3.63) is 81.0 Å². The van der Waals surface area contributed by atoms with Crippen molar-refractivity contribution in [3.63, 3.8) is 0 Å². The normalized spacial score (nSPS) is 14.2. The van der Waals surface area contributed by atoms with Crippen LogP contribution in [0.25, 0.3) is 0 Å². The van der Waals surface area contributed by atoms with Crippen molar-refractivity contribution in [1.29, 1.82) is 0 Å². The van der Waals surface area contributed by atoms with Gasteiger partial charge in [-0.25, -0.2) is 8.42 Å². The number of nitrogens with one attached hydrogen (secondary N) is 1. The van der Waals surface area contributed by atoms with Crippen molar-refractivity contribution < 1.29 is 18.0 Å². The van der Waals surface area contributed by atoms with Crippen LogP contribution >= 0.6 is 11.3 Å². The summed E-state index contributed by atoms with van der Waals surface area (Å²) in [5, 5.41) is 0. The summed E-state index contributed by atoms with van der Waals surface area (Å²) in [4.78, 5) is 31.2. The van der Waals surface area contributed by atoms with Crippen molar-refractivity contribution in [2.75, 3.05) is 30.9 Å². The Kier molecular flexibility index (Phi) is 6.77. The second-order valence-electron chi connectivity index (χ2n) is 8.45. The zero-order valence-electron chi connectivity index (χ0n) is 19.4. The molecule has 34 heavy (non-hydrogen) atoms. The fourth-order valence-corrected chi connectivity index (χ4v) is 6.14. The Morgan fingerprint density at radius 2 is 1.53 bits per heavy atom. The van der Waals surface area contributed by atoms with Crippen LogP contribution in [0.4, 0.5) is 5.69 Å². The molecule has 0 unspecified atom stereocenters. The van der Waals surface area contributed by atoms with Crippen LogP contribution in [0.15, 0.2) is 59.5 Å². The molecule has 1 aromatic heterocycles. The largest absolute Gasteiger partial charge is 0.335 e. The number of piperazine rings is 1. The topological polar surface area (TPSA) is 86.8 Å². The maximum absolute atomic E-state index is 13.1. The third-order valence-corrected chi connectivity index (χ3v) is 8.31. The fourth-order valence-electron chi connectivity index (χ4n) is 3.92. The first-order valence-corrected chi connectivity index (χ1v) is 13.3. The van der Waals surface area contributed by atoms with Crippen LogP contribution in [-0.2, 0) is 10.0 Å². The van der Waals surface area contributed by atoms with E-state index in [1.54, 1.807) is 53.1 Å². The monoisotopic (exact) mass is 497 g/mol. The molecule has 178 valence electrons. The van der Waals surface area contributed by atoms with Crippen LogP contribution in [0.5, 0.6) is 0 Å². The molecule has 1 saturated heterocycles. The highest BCUT2D eigenvalue weighted by atomic mass is 32.2. The maximum atomic E-state index is 13.1. The number of amides is 2. The van der Waals surface area contributed by atoms with Crippen LogP contribution in [-0.4, -0.2) is 56.2 Å². The van der Waals surface area contributed by atoms with E-state index < -0.39 is 10.0 Å². The lowest BCUT2D eigenvalue weighted by molar-refractivity contribution is 0.0538. The Morgan fingerprint density at radius 3 is 2.18 bits per heavy atom. The lowest BCUT2D eigenvalue weighted by atomic mass is 10.1. The fraction of sp³-hybridized carbons (Fsp3) is 0.280. The van der Waals surface area contributed by atoms with Gasteiger partial charge >= 0.3 is 0 Å². The first-order chi connectivity index (χ1) is 16.1. The van der Waals surface area contributed by atoms with Crippen LogP contribution in [0.3, 0.4) is 0 Å². The van der Waals surface area contributed by atoms with Crippen molar-refractivity contribution in [1.82, 2.24) is 9.80 Å². The first-order valence-electron chi connectivity index (χ1n) is 11.0. The molecule has 2 amide bonds. The van der Waals surface area contributed by atoms with E-state index in [2.05, 4.69) is 4.72 Å². The standard InChI is InChI=1S/C25H27N3O4S2/c1-17-7-8-18(2)23(15-17)34(31,32)26-21-6-4-5-20(16-21)24(29)27-11-13-28(14-12-27)25(30)22-10-9-19(3)33-22/h4-10,15-16,26H,11-14H2,1-3H3. The van der Waals surface area contributed by atoms with Gasteiger partial charge in [0.2, 0.25) is 0 Å². The maximum Gasteiger partial charge on any atom is 0.264 e. The van der Waals surface area contributed by atoms with Gasteiger partial charge in [-0.3, -0.25) is 14.3 Å². The van der Waals surface area contributed by atoms with Gasteiger partial charge in [-0.05, 0) is 68.3 Å². The smallest absolute Gasteiger partial charge is 0.264 e. The zero-order valence-corrected chi connectivity index (χ0v) is 21.0. The van der Waals surface area contributed by atoms with Gasteiger partial charge in [-0.2, -0.15) is 0 Å². The molecule has 0 atom stereocenters. The third kappa shape index (κ3) is 5.15. The molecule has 1 N–H and O–H groups in total. The molecule has 0 radical (unpaired) electrons. The predicted molar refractivity (Wildman–Crippen MR) is 134 cm³/mol. The van der Waals surface area contributed by atoms with E-state index in [1.165, 1.54) is 11.3 Å². The van der Waals surface area contributed by atoms with Gasteiger partial charge < -0.3 is 9.80 Å². The van der Waals surface area contributed by atoms with Crippen LogP contribution in [0.2, 0.25) is 0 Å². The zero-order chi connectivity index (χ0) is 24.5. The van der Waals surface area contributed by atoms with E-state index in [0.29, 0.717) is 47.9 Å². The number of aryl methyl sites for hydroxylation is 3. The number of nitrogens with zero attached hydrogens (tertiary/aromatic N) is 2. The summed E-state index contributed by atoms with van der Waals surface area (Å²) < 4.78 is 28.5. The van der Waals surface area contributed by atoms with Crippen molar-refractivity contribution >= 4 is 38.9 Å². The third-order valence-electron chi connectivity index (χ3n) is 5.80. The molecule has 1 aliphatic heterocycles. The Bertz CT molecular complexity index is 1340. The van der Waals surface area contributed by atoms with Gasteiger partial charge in [0, 0.05) is 42.3 Å². The number of sulfonamides is 1. The summed E-state index contributed by atoms with van der Waals surface area (Å²) in [5.74, 6) is -0.195. The first kappa shape index (κ1) is 24.0. The molecule has 3 aromatic rings. The van der Waals surface area contributed by atoms with Gasteiger partial charge in [-0.15, -0.1) is 11.3 Å². The minimum absolute atomic E-state index is 0.00644. The van der Waals surface area contributed by atoms with E-state index in [4.69, 9.17) is 0 Å². The minimum Gasteiger partial charge on any atom is -0.335 e. The van der Waals surface area contributed by atoms with Crippen molar-refractivity contribution in [3.8, 4) is 0 Å². The summed E-state index contributed by atoms with van der Waals surface area (Å²) in [6.45, 7) is 7.32. The Balaban J connectivity index is 1.43. The van der Waals surface area contributed by atoms with Gasteiger partial charge in [0.1, 0.15) is 0 Å². The number of anilines is 1. The van der Waals surface area contributed by atoms with Crippen molar-refractivity contribution in [2.45, 2.75) is 25.7 Å². The Hall–Kier alpha value is -3.17. The molecule has 0 spiro atoms. The van der Waals surface area contributed by atoms with E-state index >= 15 is 0 Å². The SMILES string of the molecule is Cc1ccc(C)c(S(=O)(=O)Nc2cccc(C(=O)N3CCN(C(=O)c4ccc(C)s4)CC3)c2)c1. The highest BCUT2D eigenvalue weighted by Gasteiger charge is 2.26. The second kappa shape index (κ2) is 9.60. The van der Waals surface area contributed by atoms with Gasteiger partial charge in [0.05, 0.1) is 9.77 Å². The summed E-state index contributed by atoms with van der Waals surface area (Å²) in [7, 11) is -3.79. The van der Waals surface area contributed by atoms with Crippen molar-refractivity contribution in [2.24, 2.45) is 0 Å². The molecule has 2 aromatic carbocycles. The summed E-state index contributed by atoms with van der Waals surface area (Å²) >= 11 is 1.47. The second-order valence-corrected chi connectivity index (χ2v) is 11.4. The molecule has 4 rings (SSSR count). The highest BCUT2D eigenvalue weighted by Crippen LogP contribution is 2.23. The lowest BCUT2D eigenvalue weighted by Gasteiger charge is -2.34. The number of thiophene rings is 1. The average Bonchev–Trinajstić information content (AvgIpc) is 3.26. The molecule has 0 saturated carbocycles. The van der Waals surface area contributed by atoms with Gasteiger partial charge in [0.25, 0.3) is 21.8 Å². The molecule has 0 bridgehead atoms. The number of carbonyl (C=O) groups is 2. The van der Waals surface area contributed by atoms with Crippen LogP contribution in [0.1, 0.15) is 36.0 Å². The Labute approximate surface area is 204 Å². The molecule has 0 aliphatic carbocycles. The number of hydrogen-bond donors (Lipinski definition) is 1. The van der Waals surface area contributed by atoms with E-state index in [1.807, 2.05) is 32.0 Å². The summed E-state index contributed by atoms with van der Waals surface area (Å²) in [6.07, 6.45) is 0. The molecule has 1 aliphatic rings. The summed E-state index contributed by atoms with van der Waals surface area (Å²) in [5.41, 5.74) is 2.22.